The van der Waals surface area contributed by atoms with Crippen molar-refractivity contribution >= 4 is 47.1 Å². The van der Waals surface area contributed by atoms with Gasteiger partial charge in [-0.1, -0.05) is 0 Å². The first-order chi connectivity index (χ1) is 16.1. The highest BCUT2D eigenvalue weighted by molar-refractivity contribution is 6.36. The van der Waals surface area contributed by atoms with E-state index in [4.69, 9.17) is 0 Å². The summed E-state index contributed by atoms with van der Waals surface area (Å²) in [6.45, 7) is 2.28. The first-order valence-corrected chi connectivity index (χ1v) is 10.5. The molecule has 34 heavy (non-hydrogen) atoms. The lowest BCUT2D eigenvalue weighted by Crippen LogP contribution is -2.39. The highest BCUT2D eigenvalue weighted by atomic mass is 19.4. The Morgan fingerprint density at radius 2 is 1.88 bits per heavy atom. The summed E-state index contributed by atoms with van der Waals surface area (Å²) in [5.41, 5.74) is -2.20. The number of likely N-dealkylation sites (tertiary alicyclic amines) is 1. The van der Waals surface area contributed by atoms with Gasteiger partial charge < -0.3 is 25.8 Å². The molecule has 0 radical (unpaired) electrons. The third-order valence-electron chi connectivity index (χ3n) is 5.75. The van der Waals surface area contributed by atoms with Gasteiger partial charge in [-0.2, -0.15) is 13.2 Å². The van der Waals surface area contributed by atoms with Crippen LogP contribution in [0.4, 0.5) is 39.4 Å². The number of urea groups is 1. The smallest absolute Gasteiger partial charge is 0.357 e. The second-order valence-corrected chi connectivity index (χ2v) is 8.04. The van der Waals surface area contributed by atoms with Gasteiger partial charge in [-0.3, -0.25) is 9.59 Å². The Morgan fingerprint density at radius 3 is 2.53 bits per heavy atom. The number of H-pyrrole nitrogens is 1. The number of fused-ring (bicyclic) bond motifs is 1. The number of aromatic amines is 1. The minimum Gasteiger partial charge on any atom is -0.357 e. The Morgan fingerprint density at radius 1 is 1.18 bits per heavy atom. The number of carbonyl (C=O) groups excluding carboxylic acids is 3. The number of hydrogen-bond acceptors (Lipinski definition) is 3. The molecule has 1 saturated heterocycles. The molecule has 2 aliphatic heterocycles. The molecule has 1 aromatic heterocycles. The minimum absolute atomic E-state index is 0.00590. The fourth-order valence-corrected chi connectivity index (χ4v) is 4.21. The summed E-state index contributed by atoms with van der Waals surface area (Å²) in [5, 5.41) is 7.05. The number of nitrogens with one attached hydrogen (secondary N) is 4. The Balaban J connectivity index is 1.78. The van der Waals surface area contributed by atoms with E-state index in [1.165, 1.54) is 11.8 Å². The zero-order valence-corrected chi connectivity index (χ0v) is 18.0. The van der Waals surface area contributed by atoms with Crippen molar-refractivity contribution in [3.05, 3.63) is 40.5 Å². The fraction of sp³-hybridized carbons (Fsp3) is 0.318. The maximum atomic E-state index is 14.1. The van der Waals surface area contributed by atoms with Crippen molar-refractivity contribution in [2.24, 2.45) is 0 Å². The van der Waals surface area contributed by atoms with Gasteiger partial charge in [0.25, 0.3) is 5.91 Å². The number of nitrogens with zero attached hydrogens (tertiary/aromatic N) is 1. The number of aromatic nitrogens is 1. The fourth-order valence-electron chi connectivity index (χ4n) is 4.21. The molecule has 3 heterocycles. The van der Waals surface area contributed by atoms with Crippen molar-refractivity contribution < 1.29 is 31.9 Å². The Kier molecular flexibility index (Phi) is 6.07. The van der Waals surface area contributed by atoms with E-state index in [2.05, 4.69) is 20.9 Å². The van der Waals surface area contributed by atoms with E-state index in [9.17, 15) is 31.9 Å². The summed E-state index contributed by atoms with van der Waals surface area (Å²) >= 11 is 0. The molecule has 8 nitrogen and oxygen atoms in total. The Hall–Kier alpha value is -3.83. The van der Waals surface area contributed by atoms with Crippen molar-refractivity contribution in [1.82, 2.24) is 9.88 Å². The molecule has 0 bridgehead atoms. The first-order valence-electron chi connectivity index (χ1n) is 10.5. The van der Waals surface area contributed by atoms with Crippen LogP contribution in [0.25, 0.3) is 11.6 Å². The third-order valence-corrected chi connectivity index (χ3v) is 5.75. The zero-order chi connectivity index (χ0) is 24.6. The van der Waals surface area contributed by atoms with Gasteiger partial charge in [-0.25, -0.2) is 9.18 Å². The van der Waals surface area contributed by atoms with Gasteiger partial charge in [-0.05, 0) is 44.4 Å². The second kappa shape index (κ2) is 8.84. The predicted molar refractivity (Wildman–Crippen MR) is 118 cm³/mol. The van der Waals surface area contributed by atoms with Crippen LogP contribution < -0.4 is 16.0 Å². The molecule has 12 heteroatoms. The molecule has 0 spiro atoms. The molecule has 2 aromatic rings. The molecular formula is C22H21F4N5O3. The number of amides is 4. The van der Waals surface area contributed by atoms with Crippen LogP contribution in [0.3, 0.4) is 0 Å². The topological polar surface area (TPSA) is 106 Å². The molecule has 1 fully saturated rings. The predicted octanol–water partition coefficient (Wildman–Crippen LogP) is 4.56. The van der Waals surface area contributed by atoms with E-state index in [0.29, 0.717) is 13.1 Å². The quantitative estimate of drug-likeness (QED) is 0.293. The van der Waals surface area contributed by atoms with Gasteiger partial charge in [0, 0.05) is 24.3 Å². The molecule has 1 aromatic carbocycles. The molecule has 0 aliphatic carbocycles. The third kappa shape index (κ3) is 4.35. The van der Waals surface area contributed by atoms with Gasteiger partial charge >= 0.3 is 12.2 Å². The Bertz CT molecular complexity index is 1200. The molecule has 180 valence electrons. The van der Waals surface area contributed by atoms with Crippen LogP contribution >= 0.6 is 0 Å². The molecule has 0 unspecified atom stereocenters. The monoisotopic (exact) mass is 479 g/mol. The zero-order valence-electron chi connectivity index (χ0n) is 18.0. The van der Waals surface area contributed by atoms with Gasteiger partial charge in [-0.15, -0.1) is 0 Å². The minimum atomic E-state index is -4.87. The lowest BCUT2D eigenvalue weighted by atomic mass is 10.0. The molecule has 2 aliphatic rings. The lowest BCUT2D eigenvalue weighted by Gasteiger charge is -2.27. The van der Waals surface area contributed by atoms with Gasteiger partial charge in [0.15, 0.2) is 0 Å². The standard InChI is InChI=1S/C22H21F4N5O3/c1-11-18(30-21(34)31-5-3-2-4-6-31)17(22(24,25)26)15(28-11)9-14-13-7-12(23)8-16(27-10-32)19(13)29-20(14)33/h7-10,28H,2-6H2,1H3,(H,27,32)(H,29,33)(H,30,34)/b14-9-. The van der Waals surface area contributed by atoms with Crippen LogP contribution in [0.2, 0.25) is 0 Å². The highest BCUT2D eigenvalue weighted by Crippen LogP contribution is 2.43. The number of carbonyl (C=O) groups is 3. The van der Waals surface area contributed by atoms with Gasteiger partial charge in [0.1, 0.15) is 11.4 Å². The van der Waals surface area contributed by atoms with Crippen LogP contribution in [-0.4, -0.2) is 41.3 Å². The maximum absolute atomic E-state index is 14.1. The van der Waals surface area contributed by atoms with Crippen molar-refractivity contribution in [3.8, 4) is 0 Å². The molecular weight excluding hydrogens is 458 g/mol. The van der Waals surface area contributed by atoms with Crippen molar-refractivity contribution in [3.63, 3.8) is 0 Å². The summed E-state index contributed by atoms with van der Waals surface area (Å²) < 4.78 is 56.3. The van der Waals surface area contributed by atoms with Gasteiger partial charge in [0.2, 0.25) is 6.41 Å². The molecule has 4 rings (SSSR count). The van der Waals surface area contributed by atoms with E-state index < -0.39 is 40.9 Å². The largest absolute Gasteiger partial charge is 0.420 e. The SMILES string of the molecule is Cc1[nH]c(/C=C2\C(=O)Nc3c(NC=O)cc(F)cc32)c(C(F)(F)F)c1NC(=O)N1CCCCC1. The van der Waals surface area contributed by atoms with Crippen LogP contribution in [-0.2, 0) is 15.8 Å². The molecule has 4 amide bonds. The number of benzene rings is 1. The summed E-state index contributed by atoms with van der Waals surface area (Å²) in [4.78, 5) is 40.0. The summed E-state index contributed by atoms with van der Waals surface area (Å²) in [6, 6.07) is 1.32. The van der Waals surface area contributed by atoms with E-state index in [0.717, 1.165) is 37.5 Å². The van der Waals surface area contributed by atoms with E-state index in [-0.39, 0.29) is 34.6 Å². The van der Waals surface area contributed by atoms with E-state index >= 15 is 0 Å². The number of piperidine rings is 1. The number of aryl methyl sites for hydroxylation is 1. The molecule has 4 N–H and O–H groups in total. The normalized spacial score (nSPS) is 16.9. The average molecular weight is 479 g/mol. The van der Waals surface area contributed by atoms with Crippen LogP contribution in [0.1, 0.15) is 41.8 Å². The Labute approximate surface area is 191 Å². The number of anilines is 3. The first kappa shape index (κ1) is 23.3. The number of halogens is 4. The maximum Gasteiger partial charge on any atom is 0.420 e. The second-order valence-electron chi connectivity index (χ2n) is 8.04. The van der Waals surface area contributed by atoms with Crippen molar-refractivity contribution in [1.29, 1.82) is 0 Å². The summed E-state index contributed by atoms with van der Waals surface area (Å²) in [7, 11) is 0. The number of rotatable bonds is 4. The van der Waals surface area contributed by atoms with E-state index in [1.807, 2.05) is 0 Å². The van der Waals surface area contributed by atoms with Gasteiger partial charge in [0.05, 0.1) is 28.3 Å². The molecule has 0 atom stereocenters. The summed E-state index contributed by atoms with van der Waals surface area (Å²) in [5.74, 6) is -1.56. The average Bonchev–Trinajstić information content (AvgIpc) is 3.25. The van der Waals surface area contributed by atoms with Crippen molar-refractivity contribution in [2.45, 2.75) is 32.4 Å². The highest BCUT2D eigenvalue weighted by Gasteiger charge is 2.40. The van der Waals surface area contributed by atoms with Crippen LogP contribution in [0, 0.1) is 12.7 Å². The van der Waals surface area contributed by atoms with Crippen molar-refractivity contribution in [2.75, 3.05) is 29.0 Å². The number of alkyl halides is 3. The molecule has 0 saturated carbocycles. The summed E-state index contributed by atoms with van der Waals surface area (Å²) in [6.07, 6.45) is -1.13. The number of hydrogen-bond donors (Lipinski definition) is 4. The van der Waals surface area contributed by atoms with Crippen LogP contribution in [0.15, 0.2) is 12.1 Å². The van der Waals surface area contributed by atoms with Crippen LogP contribution in [0.5, 0.6) is 0 Å². The lowest BCUT2D eigenvalue weighted by molar-refractivity contribution is -0.137. The van der Waals surface area contributed by atoms with E-state index in [1.54, 1.807) is 0 Å².